The second-order valence-electron chi connectivity index (χ2n) is 3.81. The molecule has 0 heterocycles. The lowest BCUT2D eigenvalue weighted by atomic mass is 10.2. The molecule has 2 N–H and O–H groups in total. The average Bonchev–Trinajstić information content (AvgIpc) is 2.34. The van der Waals surface area contributed by atoms with Crippen LogP contribution in [0.3, 0.4) is 0 Å². The number of hydrogen-bond donors (Lipinski definition) is 1. The van der Waals surface area contributed by atoms with Crippen LogP contribution in [-0.4, -0.2) is 18.1 Å². The zero-order chi connectivity index (χ0) is 13.5. The maximum Gasteiger partial charge on any atom is 0.296 e. The number of anilines is 1. The predicted molar refractivity (Wildman–Crippen MR) is 69.1 cm³/mol. The molecule has 0 aromatic heterocycles. The molecule has 0 unspecified atom stereocenters. The van der Waals surface area contributed by atoms with Crippen molar-refractivity contribution >= 4 is 11.4 Å². The molecule has 0 amide bonds. The summed E-state index contributed by atoms with van der Waals surface area (Å²) < 4.78 is 10.9. The molecule has 100 valence electrons. The largest absolute Gasteiger partial charge is 0.490 e. The van der Waals surface area contributed by atoms with Crippen LogP contribution in [0.2, 0.25) is 0 Å². The van der Waals surface area contributed by atoms with Crippen molar-refractivity contribution in [2.45, 2.75) is 26.7 Å². The van der Waals surface area contributed by atoms with Gasteiger partial charge in [0.25, 0.3) is 5.69 Å². The van der Waals surface area contributed by atoms with E-state index in [-0.39, 0.29) is 11.4 Å². The van der Waals surface area contributed by atoms with Crippen molar-refractivity contribution in [3.05, 3.63) is 22.2 Å². The number of nitrogens with zero attached hydrogens (tertiary/aromatic N) is 1. The Morgan fingerprint density at radius 3 is 2.11 bits per heavy atom. The minimum absolute atomic E-state index is 0.0787. The van der Waals surface area contributed by atoms with Crippen LogP contribution in [0.15, 0.2) is 12.1 Å². The van der Waals surface area contributed by atoms with Crippen molar-refractivity contribution in [1.29, 1.82) is 0 Å². The summed E-state index contributed by atoms with van der Waals surface area (Å²) in [5.74, 6) is 0.819. The third kappa shape index (κ3) is 3.51. The van der Waals surface area contributed by atoms with Gasteiger partial charge < -0.3 is 15.2 Å². The number of benzene rings is 1. The van der Waals surface area contributed by atoms with Crippen LogP contribution in [0.1, 0.15) is 26.7 Å². The fourth-order valence-electron chi connectivity index (χ4n) is 1.37. The van der Waals surface area contributed by atoms with Crippen LogP contribution in [0.4, 0.5) is 11.4 Å². The molecule has 0 saturated heterocycles. The highest BCUT2D eigenvalue weighted by Gasteiger charge is 2.18. The highest BCUT2D eigenvalue weighted by molar-refractivity contribution is 5.65. The SMILES string of the molecule is CCCOc1cc(N)c([N+](=O)[O-])cc1OCCC. The number of ether oxygens (including phenoxy) is 2. The highest BCUT2D eigenvalue weighted by Crippen LogP contribution is 2.36. The van der Waals surface area contributed by atoms with Gasteiger partial charge in [-0.25, -0.2) is 0 Å². The summed E-state index contributed by atoms with van der Waals surface area (Å²) in [6.07, 6.45) is 1.65. The first-order valence-electron chi connectivity index (χ1n) is 5.93. The molecule has 6 nitrogen and oxygen atoms in total. The lowest BCUT2D eigenvalue weighted by Gasteiger charge is -2.12. The van der Waals surface area contributed by atoms with E-state index in [0.717, 1.165) is 12.8 Å². The Hall–Kier alpha value is -1.98. The second kappa shape index (κ2) is 6.68. The first kappa shape index (κ1) is 14.1. The number of nitrogens with two attached hydrogens (primary N) is 1. The van der Waals surface area contributed by atoms with Crippen LogP contribution in [0, 0.1) is 10.1 Å². The Morgan fingerprint density at radius 1 is 1.17 bits per heavy atom. The molecule has 1 aromatic rings. The number of nitro benzene ring substituents is 1. The monoisotopic (exact) mass is 254 g/mol. The standard InChI is InChI=1S/C12H18N2O4/c1-3-5-17-11-7-9(13)10(14(15)16)8-12(11)18-6-4-2/h7-8H,3-6,13H2,1-2H3. The van der Waals surface area contributed by atoms with E-state index in [9.17, 15) is 10.1 Å². The molecule has 0 aliphatic rings. The third-order valence-corrected chi connectivity index (χ3v) is 2.21. The first-order chi connectivity index (χ1) is 8.60. The Kier molecular flexibility index (Phi) is 5.23. The number of nitrogen functional groups attached to an aromatic ring is 1. The summed E-state index contributed by atoms with van der Waals surface area (Å²) >= 11 is 0. The van der Waals surface area contributed by atoms with E-state index in [4.69, 9.17) is 15.2 Å². The second-order valence-corrected chi connectivity index (χ2v) is 3.81. The van der Waals surface area contributed by atoms with Crippen molar-refractivity contribution in [2.24, 2.45) is 0 Å². The minimum atomic E-state index is -0.530. The fourth-order valence-corrected chi connectivity index (χ4v) is 1.37. The Labute approximate surface area is 106 Å². The molecule has 18 heavy (non-hydrogen) atoms. The lowest BCUT2D eigenvalue weighted by molar-refractivity contribution is -0.384. The van der Waals surface area contributed by atoms with E-state index >= 15 is 0 Å². The first-order valence-corrected chi connectivity index (χ1v) is 5.93. The van der Waals surface area contributed by atoms with Crippen molar-refractivity contribution in [3.8, 4) is 11.5 Å². The maximum absolute atomic E-state index is 10.8. The average molecular weight is 254 g/mol. The van der Waals surface area contributed by atoms with E-state index < -0.39 is 4.92 Å². The number of rotatable bonds is 7. The molecular weight excluding hydrogens is 236 g/mol. The van der Waals surface area contributed by atoms with Gasteiger partial charge >= 0.3 is 0 Å². The van der Waals surface area contributed by atoms with Gasteiger partial charge in [-0.3, -0.25) is 10.1 Å². The van der Waals surface area contributed by atoms with Crippen molar-refractivity contribution in [3.63, 3.8) is 0 Å². The van der Waals surface area contributed by atoms with E-state index in [2.05, 4.69) is 0 Å². The molecular formula is C12H18N2O4. The third-order valence-electron chi connectivity index (χ3n) is 2.21. The normalized spacial score (nSPS) is 10.1. The zero-order valence-electron chi connectivity index (χ0n) is 10.6. The van der Waals surface area contributed by atoms with E-state index in [1.165, 1.54) is 12.1 Å². The van der Waals surface area contributed by atoms with E-state index in [1.807, 2.05) is 13.8 Å². The molecule has 0 spiro atoms. The number of hydrogen-bond acceptors (Lipinski definition) is 5. The highest BCUT2D eigenvalue weighted by atomic mass is 16.6. The smallest absolute Gasteiger partial charge is 0.296 e. The van der Waals surface area contributed by atoms with Gasteiger partial charge in [-0.1, -0.05) is 13.8 Å². The maximum atomic E-state index is 10.8. The molecule has 0 atom stereocenters. The number of nitro groups is 1. The molecule has 0 radical (unpaired) electrons. The van der Waals surface area contributed by atoms with Crippen LogP contribution in [0.25, 0.3) is 0 Å². The summed E-state index contributed by atoms with van der Waals surface area (Å²) in [5.41, 5.74) is 5.53. The van der Waals surface area contributed by atoms with E-state index in [0.29, 0.717) is 24.7 Å². The summed E-state index contributed by atoms with van der Waals surface area (Å²) in [4.78, 5) is 10.3. The van der Waals surface area contributed by atoms with Crippen LogP contribution in [-0.2, 0) is 0 Å². The van der Waals surface area contributed by atoms with Crippen LogP contribution in [0.5, 0.6) is 11.5 Å². The molecule has 0 bridgehead atoms. The minimum Gasteiger partial charge on any atom is -0.490 e. The fraction of sp³-hybridized carbons (Fsp3) is 0.500. The quantitative estimate of drug-likeness (QED) is 0.459. The van der Waals surface area contributed by atoms with Gasteiger partial charge in [0.2, 0.25) is 0 Å². The summed E-state index contributed by atoms with van der Waals surface area (Å²) in [6, 6.07) is 2.76. The Balaban J connectivity index is 3.06. The Bertz CT molecular complexity index is 421. The Morgan fingerprint density at radius 2 is 1.67 bits per heavy atom. The van der Waals surface area contributed by atoms with Gasteiger partial charge in [0, 0.05) is 6.07 Å². The van der Waals surface area contributed by atoms with Gasteiger partial charge in [-0.2, -0.15) is 0 Å². The predicted octanol–water partition coefficient (Wildman–Crippen LogP) is 2.75. The molecule has 0 saturated carbocycles. The molecule has 1 rings (SSSR count). The van der Waals surface area contributed by atoms with Gasteiger partial charge in [0.1, 0.15) is 5.69 Å². The lowest BCUT2D eigenvalue weighted by Crippen LogP contribution is -2.04. The molecule has 0 aliphatic heterocycles. The van der Waals surface area contributed by atoms with Gasteiger partial charge in [-0.15, -0.1) is 0 Å². The van der Waals surface area contributed by atoms with Gasteiger partial charge in [-0.05, 0) is 12.8 Å². The summed E-state index contributed by atoms with van der Waals surface area (Å²) in [6.45, 7) is 4.92. The van der Waals surface area contributed by atoms with Crippen LogP contribution < -0.4 is 15.2 Å². The summed E-state index contributed by atoms with van der Waals surface area (Å²) in [5, 5.41) is 10.8. The topological polar surface area (TPSA) is 87.6 Å². The molecule has 1 aromatic carbocycles. The molecule has 0 aliphatic carbocycles. The summed E-state index contributed by atoms with van der Waals surface area (Å²) in [7, 11) is 0. The zero-order valence-corrected chi connectivity index (χ0v) is 10.6. The van der Waals surface area contributed by atoms with Crippen molar-refractivity contribution in [2.75, 3.05) is 18.9 Å². The molecule has 0 fully saturated rings. The van der Waals surface area contributed by atoms with Crippen molar-refractivity contribution < 1.29 is 14.4 Å². The molecule has 6 heteroatoms. The van der Waals surface area contributed by atoms with Crippen molar-refractivity contribution in [1.82, 2.24) is 0 Å². The van der Waals surface area contributed by atoms with Crippen LogP contribution >= 0.6 is 0 Å². The van der Waals surface area contributed by atoms with E-state index in [1.54, 1.807) is 0 Å². The van der Waals surface area contributed by atoms with Gasteiger partial charge in [0.15, 0.2) is 11.5 Å². The van der Waals surface area contributed by atoms with Gasteiger partial charge in [0.05, 0.1) is 24.2 Å².